The normalized spacial score (nSPS) is 11.8. The molecule has 0 spiro atoms. The number of nitrogens with one attached hydrogen (secondary N) is 1. The number of nitrogens with zero attached hydrogens (tertiary/aromatic N) is 3. The number of hydrogen-bond donors (Lipinski definition) is 1. The second-order valence-electron chi connectivity index (χ2n) is 9.36. The molecule has 1 amide bonds. The van der Waals surface area contributed by atoms with Crippen molar-refractivity contribution in [2.45, 2.75) is 25.7 Å². The second kappa shape index (κ2) is 11.7. The summed E-state index contributed by atoms with van der Waals surface area (Å²) in [4.78, 5) is 18.0. The molecule has 3 aromatic carbocycles. The highest BCUT2D eigenvalue weighted by atomic mass is 35.5. The number of aryl methyl sites for hydroxylation is 1. The van der Waals surface area contributed by atoms with Gasteiger partial charge >= 0.3 is 0 Å². The first-order valence-electron chi connectivity index (χ1n) is 12.0. The predicted octanol–water partition coefficient (Wildman–Crippen LogP) is 6.44. The maximum absolute atomic E-state index is 13.4. The van der Waals surface area contributed by atoms with Gasteiger partial charge in [0.2, 0.25) is 21.9 Å². The molecular weight excluding hydrogens is 543 g/mol. The summed E-state index contributed by atoms with van der Waals surface area (Å²) in [6.45, 7) is 5.56. The zero-order chi connectivity index (χ0) is 27.4. The van der Waals surface area contributed by atoms with Crippen molar-refractivity contribution in [1.82, 2.24) is 13.9 Å². The number of halogens is 2. The van der Waals surface area contributed by atoms with Gasteiger partial charge in [0, 0.05) is 34.0 Å². The first-order chi connectivity index (χ1) is 18.0. The monoisotopic (exact) mass is 570 g/mol. The SMILES string of the molecule is Cc1cccc(-n2cc(-c3ccc(Cl)cc3)nc2NC(=O)CN(CC(C)C)S(=O)(=O)c2ccc(Cl)cc2)c1. The summed E-state index contributed by atoms with van der Waals surface area (Å²) in [5.41, 5.74) is 3.30. The molecule has 38 heavy (non-hydrogen) atoms. The van der Waals surface area contributed by atoms with Gasteiger partial charge in [0.15, 0.2) is 0 Å². The summed E-state index contributed by atoms with van der Waals surface area (Å²) in [5.74, 6) is -0.236. The van der Waals surface area contributed by atoms with Gasteiger partial charge in [-0.2, -0.15) is 4.31 Å². The molecule has 1 N–H and O–H groups in total. The lowest BCUT2D eigenvalue weighted by atomic mass is 10.2. The van der Waals surface area contributed by atoms with Crippen LogP contribution in [0.2, 0.25) is 10.0 Å². The topological polar surface area (TPSA) is 84.3 Å². The Morgan fingerprint density at radius 2 is 1.63 bits per heavy atom. The highest BCUT2D eigenvalue weighted by molar-refractivity contribution is 7.89. The predicted molar refractivity (Wildman–Crippen MR) is 152 cm³/mol. The van der Waals surface area contributed by atoms with Gasteiger partial charge in [-0.05, 0) is 66.9 Å². The van der Waals surface area contributed by atoms with Crippen molar-refractivity contribution in [1.29, 1.82) is 0 Å². The minimum atomic E-state index is -3.94. The number of carbonyl (C=O) groups excluding carboxylic acids is 1. The summed E-state index contributed by atoms with van der Waals surface area (Å²) in [7, 11) is -3.94. The number of aromatic nitrogens is 2. The first kappa shape index (κ1) is 27.9. The Hall–Kier alpha value is -3.17. The summed E-state index contributed by atoms with van der Waals surface area (Å²) < 4.78 is 29.7. The van der Waals surface area contributed by atoms with E-state index < -0.39 is 15.9 Å². The smallest absolute Gasteiger partial charge is 0.243 e. The second-order valence-corrected chi connectivity index (χ2v) is 12.2. The van der Waals surface area contributed by atoms with Gasteiger partial charge in [0.25, 0.3) is 0 Å². The van der Waals surface area contributed by atoms with Gasteiger partial charge in [0.05, 0.1) is 17.1 Å². The first-order valence-corrected chi connectivity index (χ1v) is 14.2. The van der Waals surface area contributed by atoms with Crippen molar-refractivity contribution in [2.75, 3.05) is 18.4 Å². The van der Waals surface area contributed by atoms with E-state index >= 15 is 0 Å². The zero-order valence-corrected chi connectivity index (χ0v) is 23.6. The zero-order valence-electron chi connectivity index (χ0n) is 21.2. The third-order valence-corrected chi connectivity index (χ3v) is 8.05. The van der Waals surface area contributed by atoms with Gasteiger partial charge in [-0.15, -0.1) is 0 Å². The number of amides is 1. The van der Waals surface area contributed by atoms with Crippen LogP contribution in [0.3, 0.4) is 0 Å². The molecule has 0 saturated heterocycles. The molecule has 198 valence electrons. The van der Waals surface area contributed by atoms with Crippen LogP contribution in [0.5, 0.6) is 0 Å². The lowest BCUT2D eigenvalue weighted by molar-refractivity contribution is -0.116. The van der Waals surface area contributed by atoms with E-state index in [1.807, 2.05) is 63.4 Å². The Morgan fingerprint density at radius 1 is 1.00 bits per heavy atom. The molecule has 4 aromatic rings. The highest BCUT2D eigenvalue weighted by Crippen LogP contribution is 2.26. The average molecular weight is 572 g/mol. The van der Waals surface area contributed by atoms with Gasteiger partial charge in [0.1, 0.15) is 0 Å². The number of rotatable bonds is 9. The Labute approximate surface area is 233 Å². The fourth-order valence-corrected chi connectivity index (χ4v) is 5.75. The number of carbonyl (C=O) groups is 1. The minimum absolute atomic E-state index is 0.00402. The third-order valence-electron chi connectivity index (χ3n) is 5.72. The summed E-state index contributed by atoms with van der Waals surface area (Å²) in [5, 5.41) is 3.86. The van der Waals surface area contributed by atoms with E-state index in [-0.39, 0.29) is 29.9 Å². The van der Waals surface area contributed by atoms with Crippen molar-refractivity contribution < 1.29 is 13.2 Å². The molecule has 0 aliphatic carbocycles. The highest BCUT2D eigenvalue weighted by Gasteiger charge is 2.28. The van der Waals surface area contributed by atoms with Crippen LogP contribution in [0.15, 0.2) is 83.9 Å². The molecule has 0 bridgehead atoms. The van der Waals surface area contributed by atoms with Crippen LogP contribution in [0.4, 0.5) is 5.95 Å². The summed E-state index contributed by atoms with van der Waals surface area (Å²) in [6.07, 6.45) is 1.82. The van der Waals surface area contributed by atoms with Crippen LogP contribution >= 0.6 is 23.2 Å². The van der Waals surface area contributed by atoms with Crippen LogP contribution in [0.1, 0.15) is 19.4 Å². The Morgan fingerprint density at radius 3 is 2.24 bits per heavy atom. The van der Waals surface area contributed by atoms with E-state index in [1.165, 1.54) is 28.6 Å². The molecule has 10 heteroatoms. The van der Waals surface area contributed by atoms with Crippen LogP contribution < -0.4 is 5.32 Å². The van der Waals surface area contributed by atoms with Crippen molar-refractivity contribution in [3.63, 3.8) is 0 Å². The van der Waals surface area contributed by atoms with Gasteiger partial charge in [-0.1, -0.05) is 61.3 Å². The fourth-order valence-electron chi connectivity index (χ4n) is 3.94. The minimum Gasteiger partial charge on any atom is -0.294 e. The Balaban J connectivity index is 1.66. The third kappa shape index (κ3) is 6.63. The quantitative estimate of drug-likeness (QED) is 0.251. The standard InChI is InChI=1S/C28H28Cl2N4O3S/c1-19(2)16-33(38(36,37)25-13-11-23(30)12-14-25)18-27(35)32-28-31-26(21-7-9-22(29)10-8-21)17-34(28)24-6-4-5-20(3)15-24/h4-15,17,19H,16,18H2,1-3H3,(H,31,32,35). The van der Waals surface area contributed by atoms with Crippen molar-refractivity contribution in [2.24, 2.45) is 5.92 Å². The van der Waals surface area contributed by atoms with Crippen LogP contribution in [0.25, 0.3) is 16.9 Å². The van der Waals surface area contributed by atoms with E-state index in [0.717, 1.165) is 16.8 Å². The molecule has 0 radical (unpaired) electrons. The number of benzene rings is 3. The lowest BCUT2D eigenvalue weighted by Gasteiger charge is -2.23. The molecule has 0 unspecified atom stereocenters. The van der Waals surface area contributed by atoms with E-state index in [9.17, 15) is 13.2 Å². The molecule has 0 saturated carbocycles. The lowest BCUT2D eigenvalue weighted by Crippen LogP contribution is -2.40. The molecule has 0 aliphatic heterocycles. The maximum atomic E-state index is 13.4. The van der Waals surface area contributed by atoms with Gasteiger partial charge in [-0.25, -0.2) is 13.4 Å². The number of hydrogen-bond acceptors (Lipinski definition) is 4. The molecule has 4 rings (SSSR count). The van der Waals surface area contributed by atoms with Crippen LogP contribution in [-0.2, 0) is 14.8 Å². The van der Waals surface area contributed by atoms with Crippen molar-refractivity contribution in [3.05, 3.63) is 94.6 Å². The molecule has 0 aliphatic rings. The fraction of sp³-hybridized carbons (Fsp3) is 0.214. The van der Waals surface area contributed by atoms with Crippen molar-refractivity contribution >= 4 is 45.1 Å². The Kier molecular flexibility index (Phi) is 8.57. The van der Waals surface area contributed by atoms with E-state index in [0.29, 0.717) is 15.7 Å². The average Bonchev–Trinajstić information content (AvgIpc) is 3.27. The van der Waals surface area contributed by atoms with Crippen LogP contribution in [-0.4, -0.2) is 41.3 Å². The molecule has 0 fully saturated rings. The molecular formula is C28H28Cl2N4O3S. The van der Waals surface area contributed by atoms with Crippen molar-refractivity contribution in [3.8, 4) is 16.9 Å². The van der Waals surface area contributed by atoms with Crippen LogP contribution in [0, 0.1) is 12.8 Å². The number of anilines is 1. The summed E-state index contributed by atoms with van der Waals surface area (Å²) in [6, 6.07) is 20.9. The summed E-state index contributed by atoms with van der Waals surface area (Å²) >= 11 is 12.0. The van der Waals surface area contributed by atoms with E-state index in [2.05, 4.69) is 10.3 Å². The maximum Gasteiger partial charge on any atom is 0.243 e. The molecule has 0 atom stereocenters. The molecule has 7 nitrogen and oxygen atoms in total. The Bertz CT molecular complexity index is 1530. The van der Waals surface area contributed by atoms with Gasteiger partial charge in [-0.3, -0.25) is 14.7 Å². The van der Waals surface area contributed by atoms with E-state index in [4.69, 9.17) is 23.2 Å². The number of imidazole rings is 1. The molecule has 1 aromatic heterocycles. The van der Waals surface area contributed by atoms with Gasteiger partial charge < -0.3 is 0 Å². The largest absolute Gasteiger partial charge is 0.294 e. The number of sulfonamides is 1. The molecule has 1 heterocycles. The van der Waals surface area contributed by atoms with E-state index in [1.54, 1.807) is 16.7 Å².